The van der Waals surface area contributed by atoms with E-state index in [9.17, 15) is 23.6 Å². The number of thiophene rings is 1. The minimum atomic E-state index is -1.08. The summed E-state index contributed by atoms with van der Waals surface area (Å²) in [7, 11) is 0. The minimum Gasteiger partial charge on any atom is -0.384 e. The number of nitrogens with two attached hydrogens (primary N) is 1. The number of amidine groups is 1. The Hall–Kier alpha value is -4.46. The van der Waals surface area contributed by atoms with Crippen LogP contribution in [0.4, 0.5) is 4.39 Å². The summed E-state index contributed by atoms with van der Waals surface area (Å²) < 4.78 is 25.2. The monoisotopic (exact) mass is 593 g/mol. The SMILES string of the molecule is N=C(N)c1csc(CNC(=O)C2CC3(CN2C(=O)CNC(=O)c2ccc(-c4ccc(F)c(C=O)c4)cc2)OCCO3)c1. The number of ether oxygens (including phenoxy) is 2. The van der Waals surface area contributed by atoms with Crippen molar-refractivity contribution in [1.29, 1.82) is 5.41 Å². The van der Waals surface area contributed by atoms with Gasteiger partial charge in [-0.15, -0.1) is 11.3 Å². The smallest absolute Gasteiger partial charge is 0.251 e. The molecule has 2 aliphatic rings. The number of nitrogen functional groups attached to an aromatic ring is 1. The highest BCUT2D eigenvalue weighted by Crippen LogP contribution is 2.35. The number of aldehydes is 1. The van der Waals surface area contributed by atoms with Crippen molar-refractivity contribution >= 4 is 41.2 Å². The first-order chi connectivity index (χ1) is 20.2. The zero-order valence-corrected chi connectivity index (χ0v) is 23.2. The molecule has 1 spiro atoms. The molecule has 218 valence electrons. The average Bonchev–Trinajstić information content (AvgIpc) is 3.75. The summed E-state index contributed by atoms with van der Waals surface area (Å²) in [6.07, 6.45) is 0.590. The fourth-order valence-electron chi connectivity index (χ4n) is 4.94. The number of amides is 3. The summed E-state index contributed by atoms with van der Waals surface area (Å²) in [4.78, 5) is 52.4. The summed E-state index contributed by atoms with van der Waals surface area (Å²) in [6.45, 7) is 0.586. The van der Waals surface area contributed by atoms with Crippen LogP contribution in [-0.2, 0) is 25.6 Å². The lowest BCUT2D eigenvalue weighted by molar-refractivity contribution is -0.152. The van der Waals surface area contributed by atoms with Crippen molar-refractivity contribution < 1.29 is 33.0 Å². The van der Waals surface area contributed by atoms with Crippen molar-refractivity contribution in [3.8, 4) is 11.1 Å². The van der Waals surface area contributed by atoms with E-state index in [0.29, 0.717) is 41.8 Å². The molecular formula is C29H28FN5O6S. The Labute approximate surface area is 244 Å². The second-order valence-electron chi connectivity index (χ2n) is 9.90. The summed E-state index contributed by atoms with van der Waals surface area (Å²) in [5, 5.41) is 14.7. The molecule has 2 aromatic carbocycles. The number of benzene rings is 2. The van der Waals surface area contributed by atoms with Crippen LogP contribution in [-0.4, -0.2) is 72.9 Å². The van der Waals surface area contributed by atoms with Gasteiger partial charge in [-0.05, 0) is 41.5 Å². The van der Waals surface area contributed by atoms with E-state index in [0.717, 1.165) is 4.88 Å². The highest BCUT2D eigenvalue weighted by atomic mass is 32.1. The van der Waals surface area contributed by atoms with Crippen LogP contribution in [0.5, 0.6) is 0 Å². The number of carbonyl (C=O) groups excluding carboxylic acids is 4. The van der Waals surface area contributed by atoms with E-state index in [1.807, 2.05) is 0 Å². The molecule has 2 saturated heterocycles. The number of nitrogens with zero attached hydrogens (tertiary/aromatic N) is 1. The third-order valence-electron chi connectivity index (χ3n) is 7.13. The maximum atomic E-state index is 13.6. The highest BCUT2D eigenvalue weighted by Gasteiger charge is 2.52. The van der Waals surface area contributed by atoms with Gasteiger partial charge in [0.05, 0.1) is 38.4 Å². The van der Waals surface area contributed by atoms with E-state index in [1.54, 1.807) is 35.7 Å². The van der Waals surface area contributed by atoms with Gasteiger partial charge in [0.2, 0.25) is 11.8 Å². The van der Waals surface area contributed by atoms with Crippen molar-refractivity contribution in [1.82, 2.24) is 15.5 Å². The van der Waals surface area contributed by atoms with Crippen molar-refractivity contribution in [3.05, 3.63) is 81.3 Å². The predicted molar refractivity (Wildman–Crippen MR) is 151 cm³/mol. The molecule has 2 fully saturated rings. The normalized spacial score (nSPS) is 17.3. The lowest BCUT2D eigenvalue weighted by atomic mass is 10.0. The van der Waals surface area contributed by atoms with E-state index < -0.39 is 35.4 Å². The van der Waals surface area contributed by atoms with Crippen molar-refractivity contribution in [2.45, 2.75) is 24.8 Å². The third-order valence-corrected chi connectivity index (χ3v) is 8.07. The third kappa shape index (κ3) is 6.22. The number of halogens is 1. The lowest BCUT2D eigenvalue weighted by Gasteiger charge is -2.24. The highest BCUT2D eigenvalue weighted by molar-refractivity contribution is 7.10. The first-order valence-electron chi connectivity index (χ1n) is 13.1. The van der Waals surface area contributed by atoms with Gasteiger partial charge in [0.15, 0.2) is 12.1 Å². The van der Waals surface area contributed by atoms with Crippen molar-refractivity contribution in [3.63, 3.8) is 0 Å². The standard InChI is InChI=1S/C29H28FN5O6S/c30-23-6-5-19(9-20(23)14-36)17-1-3-18(4-2-17)27(38)34-13-25(37)35-16-29(40-7-8-41-29)11-24(35)28(39)33-12-22-10-21(15-42-22)26(31)32/h1-6,9-10,14-15,24H,7-8,11-13,16H2,(H3,31,32)(H,33,39)(H,34,38). The van der Waals surface area contributed by atoms with Crippen LogP contribution < -0.4 is 16.4 Å². The van der Waals surface area contributed by atoms with Crippen LogP contribution in [0.3, 0.4) is 0 Å². The molecule has 3 aromatic rings. The molecule has 0 saturated carbocycles. The minimum absolute atomic E-state index is 0.0441. The number of hydrogen-bond donors (Lipinski definition) is 4. The van der Waals surface area contributed by atoms with Gasteiger partial charge in [-0.3, -0.25) is 24.6 Å². The molecule has 13 heteroatoms. The molecule has 0 aliphatic carbocycles. The summed E-state index contributed by atoms with van der Waals surface area (Å²) >= 11 is 1.36. The van der Waals surface area contributed by atoms with E-state index in [1.165, 1.54) is 34.4 Å². The summed E-state index contributed by atoms with van der Waals surface area (Å²) in [5.74, 6) is -3.12. The molecule has 1 atom stereocenters. The molecule has 5 N–H and O–H groups in total. The molecular weight excluding hydrogens is 565 g/mol. The first kappa shape index (κ1) is 29.0. The van der Waals surface area contributed by atoms with Gasteiger partial charge >= 0.3 is 0 Å². The van der Waals surface area contributed by atoms with Crippen LogP contribution in [0.1, 0.15) is 37.6 Å². The fraction of sp³-hybridized carbons (Fsp3) is 0.276. The average molecular weight is 594 g/mol. The van der Waals surface area contributed by atoms with Gasteiger partial charge < -0.3 is 30.7 Å². The maximum absolute atomic E-state index is 13.6. The molecule has 42 heavy (non-hydrogen) atoms. The van der Waals surface area contributed by atoms with Crippen LogP contribution in [0.2, 0.25) is 0 Å². The second-order valence-corrected chi connectivity index (χ2v) is 10.9. The van der Waals surface area contributed by atoms with E-state index >= 15 is 0 Å². The van der Waals surface area contributed by atoms with Gasteiger partial charge in [0, 0.05) is 27.8 Å². The molecule has 3 heterocycles. The summed E-state index contributed by atoms with van der Waals surface area (Å²) in [6, 6.07) is 11.4. The van der Waals surface area contributed by atoms with Crippen LogP contribution in [0, 0.1) is 11.2 Å². The van der Waals surface area contributed by atoms with Crippen molar-refractivity contribution in [2.24, 2.45) is 5.73 Å². The molecule has 11 nitrogen and oxygen atoms in total. The Morgan fingerprint density at radius 1 is 1.07 bits per heavy atom. The fourth-order valence-corrected chi connectivity index (χ4v) is 5.76. The maximum Gasteiger partial charge on any atom is 0.251 e. The van der Waals surface area contributed by atoms with Gasteiger partial charge in [-0.25, -0.2) is 4.39 Å². The zero-order valence-electron chi connectivity index (χ0n) is 22.4. The summed E-state index contributed by atoms with van der Waals surface area (Å²) in [5.41, 5.74) is 7.60. The molecule has 1 aromatic heterocycles. The molecule has 0 bridgehead atoms. The molecule has 1 unspecified atom stereocenters. The number of likely N-dealkylation sites (tertiary alicyclic amines) is 1. The Morgan fingerprint density at radius 3 is 2.45 bits per heavy atom. The van der Waals surface area contributed by atoms with Gasteiger partial charge in [0.1, 0.15) is 17.7 Å². The van der Waals surface area contributed by atoms with Gasteiger partial charge in [-0.1, -0.05) is 18.2 Å². The van der Waals surface area contributed by atoms with Crippen molar-refractivity contribution in [2.75, 3.05) is 26.3 Å². The molecule has 2 aliphatic heterocycles. The van der Waals surface area contributed by atoms with E-state index in [-0.39, 0.29) is 37.5 Å². The Morgan fingerprint density at radius 2 is 1.79 bits per heavy atom. The zero-order chi connectivity index (χ0) is 29.9. The molecule has 5 rings (SSSR count). The predicted octanol–water partition coefficient (Wildman–Crippen LogP) is 2.04. The first-order valence-corrected chi connectivity index (χ1v) is 14.0. The Balaban J connectivity index is 1.21. The molecule has 0 radical (unpaired) electrons. The topological polar surface area (TPSA) is 164 Å². The van der Waals surface area contributed by atoms with Crippen LogP contribution in [0.15, 0.2) is 53.9 Å². The van der Waals surface area contributed by atoms with Gasteiger partial charge in [0.25, 0.3) is 5.91 Å². The number of rotatable bonds is 9. The van der Waals surface area contributed by atoms with E-state index in [4.69, 9.17) is 20.6 Å². The Kier molecular flexibility index (Phi) is 8.43. The van der Waals surface area contributed by atoms with Crippen LogP contribution in [0.25, 0.3) is 11.1 Å². The quantitative estimate of drug-likeness (QED) is 0.168. The second kappa shape index (κ2) is 12.2. The number of carbonyl (C=O) groups is 4. The largest absolute Gasteiger partial charge is 0.384 e. The number of hydrogen-bond acceptors (Lipinski definition) is 8. The molecule has 3 amide bonds. The Bertz CT molecular complexity index is 1540. The van der Waals surface area contributed by atoms with Gasteiger partial charge in [-0.2, -0.15) is 0 Å². The van der Waals surface area contributed by atoms with E-state index in [2.05, 4.69) is 10.6 Å². The number of nitrogens with one attached hydrogen (secondary N) is 3. The lowest BCUT2D eigenvalue weighted by Crippen LogP contribution is -2.49. The van der Waals surface area contributed by atoms with Crippen LogP contribution >= 0.6 is 11.3 Å².